The summed E-state index contributed by atoms with van der Waals surface area (Å²) < 4.78 is 10.7. The van der Waals surface area contributed by atoms with Crippen molar-refractivity contribution in [3.8, 4) is 11.5 Å². The summed E-state index contributed by atoms with van der Waals surface area (Å²) in [4.78, 5) is 17.8. The van der Waals surface area contributed by atoms with Gasteiger partial charge in [0.05, 0.1) is 32.4 Å². The fraction of sp³-hybridized carbons (Fsp3) is 0.296. The molecule has 0 unspecified atom stereocenters. The molecule has 1 fully saturated rings. The second kappa shape index (κ2) is 10.4. The lowest BCUT2D eigenvalue weighted by molar-refractivity contribution is 0.0805. The second-order valence-electron chi connectivity index (χ2n) is 8.03. The topological polar surface area (TPSA) is 42.0 Å². The van der Waals surface area contributed by atoms with Crippen LogP contribution in [0.5, 0.6) is 11.5 Å². The van der Waals surface area contributed by atoms with E-state index in [1.165, 1.54) is 11.1 Å². The highest BCUT2D eigenvalue weighted by atomic mass is 16.5. The van der Waals surface area contributed by atoms with Gasteiger partial charge in [-0.05, 0) is 29.3 Å². The Morgan fingerprint density at radius 2 is 1.41 bits per heavy atom. The summed E-state index contributed by atoms with van der Waals surface area (Å²) in [6, 6.07) is 26.9. The van der Waals surface area contributed by atoms with Gasteiger partial charge in [0, 0.05) is 26.2 Å². The van der Waals surface area contributed by atoms with Crippen LogP contribution in [0.3, 0.4) is 0 Å². The number of hydrogen-bond donors (Lipinski definition) is 0. The van der Waals surface area contributed by atoms with Crippen molar-refractivity contribution in [2.75, 3.05) is 46.9 Å². The third-order valence-electron chi connectivity index (χ3n) is 6.08. The monoisotopic (exact) mass is 430 g/mol. The van der Waals surface area contributed by atoms with Crippen molar-refractivity contribution in [2.45, 2.75) is 6.04 Å². The van der Waals surface area contributed by atoms with Gasteiger partial charge in [-0.1, -0.05) is 60.7 Å². The summed E-state index contributed by atoms with van der Waals surface area (Å²) in [5.74, 6) is 1.30. The zero-order valence-electron chi connectivity index (χ0n) is 18.7. The van der Waals surface area contributed by atoms with Crippen molar-refractivity contribution in [1.29, 1.82) is 0 Å². The first-order valence-corrected chi connectivity index (χ1v) is 11.0. The normalized spacial score (nSPS) is 15.0. The highest BCUT2D eigenvalue weighted by Crippen LogP contribution is 2.30. The predicted molar refractivity (Wildman–Crippen MR) is 127 cm³/mol. The lowest BCUT2D eigenvalue weighted by Gasteiger charge is -2.39. The summed E-state index contributed by atoms with van der Waals surface area (Å²) in [6.07, 6.45) is 0. The number of nitrogens with zero attached hydrogens (tertiary/aromatic N) is 2. The van der Waals surface area contributed by atoms with Gasteiger partial charge in [-0.3, -0.25) is 14.6 Å². The maximum atomic E-state index is 13.0. The quantitative estimate of drug-likeness (QED) is 0.499. The minimum atomic E-state index is 0.0527. The molecular formula is C27H30N2O3. The van der Waals surface area contributed by atoms with E-state index < -0.39 is 0 Å². The van der Waals surface area contributed by atoms with Crippen LogP contribution in [-0.2, 0) is 0 Å². The molecule has 0 atom stereocenters. The number of benzene rings is 3. The SMILES string of the molecule is COc1ccc(OC)c(C(=O)CN2CCN(C(c3ccccc3)c3ccccc3)CC2)c1. The van der Waals surface area contributed by atoms with Gasteiger partial charge >= 0.3 is 0 Å². The Hall–Kier alpha value is -3.15. The Balaban J connectivity index is 1.45. The molecule has 3 aromatic carbocycles. The summed E-state index contributed by atoms with van der Waals surface area (Å²) in [5.41, 5.74) is 3.16. The molecule has 1 aliphatic heterocycles. The van der Waals surface area contributed by atoms with Crippen LogP contribution in [0.25, 0.3) is 0 Å². The molecule has 0 radical (unpaired) electrons. The van der Waals surface area contributed by atoms with Gasteiger partial charge < -0.3 is 9.47 Å². The van der Waals surface area contributed by atoms with Crippen LogP contribution in [-0.4, -0.2) is 62.5 Å². The number of ether oxygens (including phenoxy) is 2. The molecule has 0 amide bonds. The first-order valence-electron chi connectivity index (χ1n) is 11.0. The smallest absolute Gasteiger partial charge is 0.180 e. The fourth-order valence-electron chi connectivity index (χ4n) is 4.38. The molecule has 0 saturated carbocycles. The Labute approximate surface area is 190 Å². The van der Waals surface area contributed by atoms with Crippen LogP contribution in [0.15, 0.2) is 78.9 Å². The molecule has 5 nitrogen and oxygen atoms in total. The van der Waals surface area contributed by atoms with Crippen molar-refractivity contribution in [1.82, 2.24) is 9.80 Å². The summed E-state index contributed by atoms with van der Waals surface area (Å²) in [5, 5.41) is 0. The van der Waals surface area contributed by atoms with Crippen LogP contribution in [0, 0.1) is 0 Å². The van der Waals surface area contributed by atoms with Crippen molar-refractivity contribution in [3.63, 3.8) is 0 Å². The molecule has 0 aliphatic carbocycles. The van der Waals surface area contributed by atoms with Crippen LogP contribution in [0.4, 0.5) is 0 Å². The van der Waals surface area contributed by atoms with E-state index in [4.69, 9.17) is 9.47 Å². The van der Waals surface area contributed by atoms with Crippen molar-refractivity contribution in [2.24, 2.45) is 0 Å². The number of carbonyl (C=O) groups is 1. The van der Waals surface area contributed by atoms with Crippen LogP contribution in [0.2, 0.25) is 0 Å². The molecule has 1 saturated heterocycles. The molecule has 3 aromatic rings. The van der Waals surface area contributed by atoms with Crippen LogP contribution in [0.1, 0.15) is 27.5 Å². The van der Waals surface area contributed by atoms with Gasteiger partial charge in [-0.2, -0.15) is 0 Å². The number of piperazine rings is 1. The maximum Gasteiger partial charge on any atom is 0.180 e. The van der Waals surface area contributed by atoms with Gasteiger partial charge in [-0.15, -0.1) is 0 Å². The standard InChI is InChI=1S/C27H30N2O3/c1-31-23-13-14-26(32-2)24(19-23)25(30)20-28-15-17-29(18-16-28)27(21-9-5-3-6-10-21)22-11-7-4-8-12-22/h3-14,19,27H,15-18,20H2,1-2H3. The Morgan fingerprint density at radius 1 is 0.812 bits per heavy atom. The van der Waals surface area contributed by atoms with E-state index in [-0.39, 0.29) is 11.8 Å². The molecular weight excluding hydrogens is 400 g/mol. The van der Waals surface area contributed by atoms with Crippen LogP contribution >= 0.6 is 0 Å². The van der Waals surface area contributed by atoms with E-state index in [1.54, 1.807) is 26.4 Å². The number of ketones is 1. The zero-order valence-corrected chi connectivity index (χ0v) is 18.7. The van der Waals surface area contributed by atoms with Crippen molar-refractivity contribution < 1.29 is 14.3 Å². The lowest BCUT2D eigenvalue weighted by Crippen LogP contribution is -2.49. The summed E-state index contributed by atoms with van der Waals surface area (Å²) in [6.45, 7) is 3.86. The summed E-state index contributed by atoms with van der Waals surface area (Å²) in [7, 11) is 3.19. The minimum Gasteiger partial charge on any atom is -0.497 e. The predicted octanol–water partition coefficient (Wildman–Crippen LogP) is 4.29. The average molecular weight is 431 g/mol. The van der Waals surface area contributed by atoms with E-state index >= 15 is 0 Å². The first kappa shape index (κ1) is 22.1. The molecule has 0 bridgehead atoms. The maximum absolute atomic E-state index is 13.0. The Bertz CT molecular complexity index is 976. The molecule has 1 aliphatic rings. The van der Waals surface area contributed by atoms with Gasteiger partial charge in [-0.25, -0.2) is 0 Å². The van der Waals surface area contributed by atoms with Gasteiger partial charge in [0.2, 0.25) is 0 Å². The number of rotatable bonds is 8. The molecule has 0 aromatic heterocycles. The van der Waals surface area contributed by atoms with Gasteiger partial charge in [0.15, 0.2) is 5.78 Å². The molecule has 0 N–H and O–H groups in total. The second-order valence-corrected chi connectivity index (χ2v) is 8.03. The molecule has 4 rings (SSSR count). The Morgan fingerprint density at radius 3 is 1.94 bits per heavy atom. The van der Waals surface area contributed by atoms with Gasteiger partial charge in [0.25, 0.3) is 0 Å². The van der Waals surface area contributed by atoms with Crippen LogP contribution < -0.4 is 9.47 Å². The largest absolute Gasteiger partial charge is 0.497 e. The number of hydrogen-bond acceptors (Lipinski definition) is 5. The number of Topliss-reactive ketones (excluding diaryl/α,β-unsaturated/α-hetero) is 1. The van der Waals surface area contributed by atoms with Crippen molar-refractivity contribution >= 4 is 5.78 Å². The molecule has 1 heterocycles. The molecule has 0 spiro atoms. The molecule has 5 heteroatoms. The average Bonchev–Trinajstić information content (AvgIpc) is 2.86. The highest BCUT2D eigenvalue weighted by molar-refractivity contribution is 6.00. The van der Waals surface area contributed by atoms with E-state index in [2.05, 4.69) is 70.5 Å². The van der Waals surface area contributed by atoms with Crippen molar-refractivity contribution in [3.05, 3.63) is 95.6 Å². The third-order valence-corrected chi connectivity index (χ3v) is 6.08. The zero-order chi connectivity index (χ0) is 22.3. The number of methoxy groups -OCH3 is 2. The van der Waals surface area contributed by atoms with Gasteiger partial charge in [0.1, 0.15) is 11.5 Å². The van der Waals surface area contributed by atoms with E-state index in [0.717, 1.165) is 26.2 Å². The molecule has 166 valence electrons. The number of carbonyl (C=O) groups excluding carboxylic acids is 1. The van der Waals surface area contributed by atoms with E-state index in [1.807, 2.05) is 6.07 Å². The van der Waals surface area contributed by atoms with E-state index in [9.17, 15) is 4.79 Å². The van der Waals surface area contributed by atoms with E-state index in [0.29, 0.717) is 23.6 Å². The summed E-state index contributed by atoms with van der Waals surface area (Å²) >= 11 is 0. The Kier molecular flexibility index (Phi) is 7.20. The first-order chi connectivity index (χ1) is 15.7. The third kappa shape index (κ3) is 5.01. The lowest BCUT2D eigenvalue weighted by atomic mass is 9.96. The minimum absolute atomic E-state index is 0.0527. The highest BCUT2D eigenvalue weighted by Gasteiger charge is 2.27. The molecule has 32 heavy (non-hydrogen) atoms. The fourth-order valence-corrected chi connectivity index (χ4v) is 4.38.